The molecule has 5 heteroatoms. The van der Waals surface area contributed by atoms with E-state index in [-0.39, 0.29) is 25.6 Å². The Labute approximate surface area is 391 Å². The summed E-state index contributed by atoms with van der Waals surface area (Å²) in [6.45, 7) is 3.80. The fourth-order valence-corrected chi connectivity index (χ4v) is 5.61. The minimum Gasteiger partial charge on any atom is -0.462 e. The van der Waals surface area contributed by atoms with Crippen molar-refractivity contribution in [3.63, 3.8) is 0 Å². The van der Waals surface area contributed by atoms with E-state index in [4.69, 9.17) is 9.47 Å². The van der Waals surface area contributed by atoms with Gasteiger partial charge in [0.05, 0.1) is 6.61 Å². The molecule has 64 heavy (non-hydrogen) atoms. The van der Waals surface area contributed by atoms with E-state index in [0.29, 0.717) is 12.8 Å². The van der Waals surface area contributed by atoms with Crippen LogP contribution in [-0.2, 0) is 19.1 Å². The second-order valence-corrected chi connectivity index (χ2v) is 15.1. The predicted octanol–water partition coefficient (Wildman–Crippen LogP) is 16.4. The Bertz CT molecular complexity index is 1550. The Hall–Kier alpha value is -5.00. The van der Waals surface area contributed by atoms with E-state index in [1.807, 2.05) is 0 Å². The first-order chi connectivity index (χ1) is 31.6. The molecule has 1 N–H and O–H groups in total. The van der Waals surface area contributed by atoms with Crippen LogP contribution < -0.4 is 0 Å². The van der Waals surface area contributed by atoms with Crippen molar-refractivity contribution in [2.75, 3.05) is 13.2 Å². The highest BCUT2D eigenvalue weighted by molar-refractivity contribution is 5.70. The summed E-state index contributed by atoms with van der Waals surface area (Å²) >= 11 is 0. The number of hydrogen-bond donors (Lipinski definition) is 1. The monoisotopic (exact) mass is 875 g/mol. The fraction of sp³-hybridized carbons (Fsp3) is 0.458. The van der Waals surface area contributed by atoms with E-state index in [1.54, 1.807) is 0 Å². The molecule has 0 radical (unpaired) electrons. The predicted molar refractivity (Wildman–Crippen MR) is 278 cm³/mol. The molecule has 1 atom stereocenters. The minimum atomic E-state index is -0.837. The number of ether oxygens (including phenoxy) is 2. The van der Waals surface area contributed by atoms with Gasteiger partial charge in [0.25, 0.3) is 0 Å². The van der Waals surface area contributed by atoms with Crippen LogP contribution in [0.2, 0.25) is 0 Å². The van der Waals surface area contributed by atoms with Crippen LogP contribution in [0, 0.1) is 0 Å². The van der Waals surface area contributed by atoms with Crippen molar-refractivity contribution in [1.29, 1.82) is 0 Å². The number of esters is 2. The lowest BCUT2D eigenvalue weighted by Crippen LogP contribution is -2.28. The second-order valence-electron chi connectivity index (χ2n) is 15.1. The van der Waals surface area contributed by atoms with Crippen molar-refractivity contribution in [1.82, 2.24) is 0 Å². The van der Waals surface area contributed by atoms with Crippen molar-refractivity contribution >= 4 is 11.9 Å². The summed E-state index contributed by atoms with van der Waals surface area (Å²) in [6.07, 6.45) is 84.0. The van der Waals surface area contributed by atoms with Crippen LogP contribution in [0.25, 0.3) is 0 Å². The highest BCUT2D eigenvalue weighted by Gasteiger charge is 2.15. The average molecular weight is 875 g/mol. The van der Waals surface area contributed by atoms with Gasteiger partial charge in [0, 0.05) is 12.8 Å². The zero-order chi connectivity index (χ0) is 46.3. The highest BCUT2D eigenvalue weighted by Crippen LogP contribution is 2.07. The van der Waals surface area contributed by atoms with Crippen LogP contribution in [0.4, 0.5) is 0 Å². The van der Waals surface area contributed by atoms with Crippen molar-refractivity contribution in [3.8, 4) is 0 Å². The molecule has 1 unspecified atom stereocenters. The lowest BCUT2D eigenvalue weighted by atomic mass is 10.2. The Balaban J connectivity index is 3.81. The first-order valence-electron chi connectivity index (χ1n) is 24.3. The molecular formula is C59H86O5. The number of carbonyl (C=O) groups is 2. The highest BCUT2D eigenvalue weighted by atomic mass is 16.6. The Kier molecular flexibility index (Phi) is 48.3. The van der Waals surface area contributed by atoms with E-state index >= 15 is 0 Å². The van der Waals surface area contributed by atoms with Crippen molar-refractivity contribution in [2.24, 2.45) is 0 Å². The van der Waals surface area contributed by atoms with Gasteiger partial charge in [0.15, 0.2) is 6.10 Å². The molecule has 0 bridgehead atoms. The molecule has 0 aromatic carbocycles. The number of carbonyl (C=O) groups excluding carboxylic acids is 2. The molecule has 0 aromatic heterocycles. The lowest BCUT2D eigenvalue weighted by Gasteiger charge is -2.15. The third-order valence-electron chi connectivity index (χ3n) is 9.19. The SMILES string of the molecule is CC/C=C\C/C=C\C/C=C\C/C=C\C/C=C\C/C=C\C/C=C\C/C=C\C/C=C\CCCC(=O)OC(CO)COC(=O)CCCC/C=C\C/C=C\C/C=C\C/C=C\C/C=C\C/C=C\CC. The van der Waals surface area contributed by atoms with Gasteiger partial charge in [-0.15, -0.1) is 0 Å². The Morgan fingerprint density at radius 1 is 0.359 bits per heavy atom. The number of allylic oxidation sites excluding steroid dienone is 30. The van der Waals surface area contributed by atoms with Gasteiger partial charge in [-0.2, -0.15) is 0 Å². The Morgan fingerprint density at radius 3 is 0.922 bits per heavy atom. The molecule has 352 valence electrons. The smallest absolute Gasteiger partial charge is 0.306 e. The molecule has 0 saturated heterocycles. The van der Waals surface area contributed by atoms with Gasteiger partial charge in [-0.25, -0.2) is 0 Å². The fourth-order valence-electron chi connectivity index (χ4n) is 5.61. The average Bonchev–Trinajstić information content (AvgIpc) is 3.30. The van der Waals surface area contributed by atoms with Gasteiger partial charge >= 0.3 is 11.9 Å². The zero-order valence-electron chi connectivity index (χ0n) is 39.9. The maximum atomic E-state index is 12.2. The minimum absolute atomic E-state index is 0.127. The van der Waals surface area contributed by atoms with Crippen LogP contribution >= 0.6 is 0 Å². The third-order valence-corrected chi connectivity index (χ3v) is 9.19. The van der Waals surface area contributed by atoms with E-state index in [9.17, 15) is 14.7 Å². The first kappa shape index (κ1) is 59.0. The number of aliphatic hydroxyl groups is 1. The number of unbranched alkanes of at least 4 members (excludes halogenated alkanes) is 3. The van der Waals surface area contributed by atoms with E-state index in [1.165, 1.54) is 0 Å². The molecule has 0 saturated carbocycles. The van der Waals surface area contributed by atoms with Crippen LogP contribution in [0.1, 0.15) is 155 Å². The number of hydrogen-bond acceptors (Lipinski definition) is 5. The molecule has 0 aromatic rings. The van der Waals surface area contributed by atoms with Gasteiger partial charge in [-0.3, -0.25) is 9.59 Å². The molecule has 0 rings (SSSR count). The standard InChI is InChI=1S/C59H86O5/c1-3-5-7-9-11-13-15-17-19-21-23-25-26-27-28-29-30-31-32-34-36-38-40-42-44-46-48-50-52-54-59(62)64-57(55-60)56-63-58(61)53-51-49-47-45-43-41-39-37-35-33-24-22-20-18-16-14-12-10-8-6-4-2/h5-8,11-14,17-20,23-25,27-28,30-31,33-34,36-37,39-40,42-43,45-46,48,57,60H,3-4,9-10,15-16,21-22,26,29,32,35,38,41,44,47,49-56H2,1-2H3/b7-5-,8-6-,13-11-,14-12-,19-17-,20-18-,25-23-,28-27-,31-30-,33-24-,36-34-,39-37-,42-40-,45-43-,48-46-. The summed E-state index contributed by atoms with van der Waals surface area (Å²) in [6, 6.07) is 0. The second kappa shape index (κ2) is 52.3. The summed E-state index contributed by atoms with van der Waals surface area (Å²) in [5.74, 6) is -0.732. The summed E-state index contributed by atoms with van der Waals surface area (Å²) < 4.78 is 10.6. The topological polar surface area (TPSA) is 72.8 Å². The van der Waals surface area contributed by atoms with Gasteiger partial charge in [0.2, 0.25) is 0 Å². The zero-order valence-corrected chi connectivity index (χ0v) is 39.9. The van der Waals surface area contributed by atoms with Crippen molar-refractivity contribution < 1.29 is 24.2 Å². The quantitative estimate of drug-likeness (QED) is 0.0376. The molecule has 0 spiro atoms. The normalized spacial score (nSPS) is 13.9. The largest absolute Gasteiger partial charge is 0.462 e. The maximum Gasteiger partial charge on any atom is 0.306 e. The molecule has 0 fully saturated rings. The summed E-state index contributed by atoms with van der Waals surface area (Å²) in [4.78, 5) is 24.4. The van der Waals surface area contributed by atoms with Crippen LogP contribution in [0.5, 0.6) is 0 Å². The van der Waals surface area contributed by atoms with E-state index in [2.05, 4.69) is 196 Å². The van der Waals surface area contributed by atoms with Gasteiger partial charge in [-0.05, 0) is 128 Å². The summed E-state index contributed by atoms with van der Waals surface area (Å²) in [7, 11) is 0. The van der Waals surface area contributed by atoms with E-state index < -0.39 is 12.1 Å². The molecule has 0 aliphatic heterocycles. The van der Waals surface area contributed by atoms with Crippen molar-refractivity contribution in [3.05, 3.63) is 182 Å². The molecular weight excluding hydrogens is 789 g/mol. The summed E-state index contributed by atoms with van der Waals surface area (Å²) in [5, 5.41) is 9.60. The van der Waals surface area contributed by atoms with Gasteiger partial charge < -0.3 is 14.6 Å². The van der Waals surface area contributed by atoms with Gasteiger partial charge in [0.1, 0.15) is 6.61 Å². The molecule has 0 aliphatic rings. The van der Waals surface area contributed by atoms with Crippen LogP contribution in [-0.4, -0.2) is 36.4 Å². The lowest BCUT2D eigenvalue weighted by molar-refractivity contribution is -0.161. The van der Waals surface area contributed by atoms with Crippen LogP contribution in [0.15, 0.2) is 182 Å². The molecule has 0 heterocycles. The molecule has 0 aliphatic carbocycles. The Morgan fingerprint density at radius 2 is 0.625 bits per heavy atom. The molecule has 0 amide bonds. The van der Waals surface area contributed by atoms with E-state index in [0.717, 1.165) is 122 Å². The van der Waals surface area contributed by atoms with Crippen LogP contribution in [0.3, 0.4) is 0 Å². The number of aliphatic hydroxyl groups excluding tert-OH is 1. The maximum absolute atomic E-state index is 12.2. The van der Waals surface area contributed by atoms with Crippen molar-refractivity contribution in [2.45, 2.75) is 161 Å². The number of rotatable bonds is 41. The third kappa shape index (κ3) is 49.7. The van der Waals surface area contributed by atoms with Gasteiger partial charge in [-0.1, -0.05) is 196 Å². The molecule has 5 nitrogen and oxygen atoms in total. The first-order valence-corrected chi connectivity index (χ1v) is 24.3. The summed E-state index contributed by atoms with van der Waals surface area (Å²) in [5.41, 5.74) is 0.